The van der Waals surface area contributed by atoms with Gasteiger partial charge in [-0.1, -0.05) is 24.6 Å². The average molecular weight is 293 g/mol. The van der Waals surface area contributed by atoms with Gasteiger partial charge in [-0.2, -0.15) is 5.26 Å². The van der Waals surface area contributed by atoms with Gasteiger partial charge in [-0.15, -0.1) is 0 Å². The van der Waals surface area contributed by atoms with Crippen molar-refractivity contribution < 1.29 is 9.90 Å². The maximum absolute atomic E-state index is 11.4. The lowest BCUT2D eigenvalue weighted by Crippen LogP contribution is -2.33. The monoisotopic (exact) mass is 292 g/mol. The molecule has 4 nitrogen and oxygen atoms in total. The smallest absolute Gasteiger partial charge is 0.310 e. The largest absolute Gasteiger partial charge is 0.481 e. The number of carboxylic acid groups (broad SMARTS) is 1. The van der Waals surface area contributed by atoms with Gasteiger partial charge in [0.25, 0.3) is 0 Å². The summed E-state index contributed by atoms with van der Waals surface area (Å²) in [7, 11) is 0. The lowest BCUT2D eigenvalue weighted by Gasteiger charge is -2.23. The molecule has 1 aromatic rings. The van der Waals surface area contributed by atoms with Gasteiger partial charge in [0.05, 0.1) is 17.0 Å². The lowest BCUT2D eigenvalue weighted by molar-refractivity contribution is -0.148. The van der Waals surface area contributed by atoms with Crippen LogP contribution in [0.3, 0.4) is 0 Å². The first-order chi connectivity index (χ1) is 9.50. The predicted octanol–water partition coefficient (Wildman–Crippen LogP) is 2.90. The minimum Gasteiger partial charge on any atom is -0.481 e. The van der Waals surface area contributed by atoms with Crippen molar-refractivity contribution in [2.24, 2.45) is 5.41 Å². The molecule has 5 heteroatoms. The van der Waals surface area contributed by atoms with Crippen molar-refractivity contribution in [1.82, 2.24) is 4.90 Å². The Hall–Kier alpha value is -1.57. The number of likely N-dealkylation sites (tertiary alicyclic amines) is 1. The Bertz CT molecular complexity index is 567. The summed E-state index contributed by atoms with van der Waals surface area (Å²) in [6, 6.07) is 7.28. The fourth-order valence-corrected chi connectivity index (χ4v) is 2.93. The molecule has 0 bridgehead atoms. The molecule has 1 aliphatic rings. The summed E-state index contributed by atoms with van der Waals surface area (Å²) in [6.07, 6.45) is 1.31. The molecular weight excluding hydrogens is 276 g/mol. The van der Waals surface area contributed by atoms with Gasteiger partial charge >= 0.3 is 5.97 Å². The Kier molecular flexibility index (Phi) is 4.32. The normalized spacial score (nSPS) is 22.6. The highest BCUT2D eigenvalue weighted by Crippen LogP contribution is 2.35. The molecule has 20 heavy (non-hydrogen) atoms. The van der Waals surface area contributed by atoms with Crippen LogP contribution in [-0.2, 0) is 11.3 Å². The first-order valence-electron chi connectivity index (χ1n) is 6.65. The number of rotatable bonds is 4. The number of carbonyl (C=O) groups is 1. The number of aliphatic carboxylic acids is 1. The van der Waals surface area contributed by atoms with Crippen LogP contribution in [0.4, 0.5) is 0 Å². The Morgan fingerprint density at radius 3 is 2.85 bits per heavy atom. The topological polar surface area (TPSA) is 64.3 Å². The van der Waals surface area contributed by atoms with Crippen LogP contribution >= 0.6 is 11.6 Å². The summed E-state index contributed by atoms with van der Waals surface area (Å²) in [5, 5.41) is 18.8. The number of hydrogen-bond donors (Lipinski definition) is 1. The molecule has 1 heterocycles. The van der Waals surface area contributed by atoms with Gasteiger partial charge < -0.3 is 5.11 Å². The van der Waals surface area contributed by atoms with Gasteiger partial charge in [-0.3, -0.25) is 9.69 Å². The molecule has 1 unspecified atom stereocenters. The summed E-state index contributed by atoms with van der Waals surface area (Å²) in [5.41, 5.74) is 0.843. The molecule has 1 atom stereocenters. The second-order valence-electron chi connectivity index (χ2n) is 5.32. The third kappa shape index (κ3) is 2.79. The van der Waals surface area contributed by atoms with Crippen LogP contribution < -0.4 is 0 Å². The molecule has 0 aromatic heterocycles. The molecule has 1 fully saturated rings. The fourth-order valence-electron chi connectivity index (χ4n) is 2.69. The molecule has 0 radical (unpaired) electrons. The molecule has 1 aliphatic heterocycles. The first kappa shape index (κ1) is 14.8. The predicted molar refractivity (Wildman–Crippen MR) is 76.4 cm³/mol. The van der Waals surface area contributed by atoms with E-state index in [0.29, 0.717) is 36.5 Å². The Morgan fingerprint density at radius 1 is 1.60 bits per heavy atom. The Morgan fingerprint density at radius 2 is 2.35 bits per heavy atom. The van der Waals surface area contributed by atoms with E-state index in [0.717, 1.165) is 12.1 Å². The summed E-state index contributed by atoms with van der Waals surface area (Å²) in [5.74, 6) is -0.714. The molecule has 0 saturated carbocycles. The van der Waals surface area contributed by atoms with Crippen LogP contribution in [0, 0.1) is 16.7 Å². The van der Waals surface area contributed by atoms with Gasteiger partial charge in [0.1, 0.15) is 0 Å². The molecule has 0 amide bonds. The van der Waals surface area contributed by atoms with Crippen molar-refractivity contribution in [2.75, 3.05) is 13.1 Å². The standard InChI is InChI=1S/C15H17ClN2O2/c1-2-15(14(19)20)5-6-18(10-15)9-12-4-3-11(8-17)7-13(12)16/h3-4,7H,2,5-6,9-10H2,1H3,(H,19,20). The van der Waals surface area contributed by atoms with E-state index in [1.165, 1.54) is 0 Å². The minimum atomic E-state index is -0.714. The second-order valence-corrected chi connectivity index (χ2v) is 5.72. The molecule has 1 aromatic carbocycles. The molecule has 0 aliphatic carbocycles. The van der Waals surface area contributed by atoms with E-state index in [1.807, 2.05) is 13.0 Å². The zero-order chi connectivity index (χ0) is 14.8. The maximum atomic E-state index is 11.4. The highest BCUT2D eigenvalue weighted by Gasteiger charge is 2.43. The van der Waals surface area contributed by atoms with E-state index < -0.39 is 11.4 Å². The van der Waals surface area contributed by atoms with Crippen molar-refractivity contribution in [2.45, 2.75) is 26.3 Å². The molecular formula is C15H17ClN2O2. The molecule has 106 valence electrons. The van der Waals surface area contributed by atoms with Crippen LogP contribution in [0.2, 0.25) is 5.02 Å². The van der Waals surface area contributed by atoms with Crippen LogP contribution in [0.1, 0.15) is 30.9 Å². The zero-order valence-corrected chi connectivity index (χ0v) is 12.2. The van der Waals surface area contributed by atoms with Crippen LogP contribution in [0.15, 0.2) is 18.2 Å². The van der Waals surface area contributed by atoms with Crippen molar-refractivity contribution in [3.8, 4) is 6.07 Å². The van der Waals surface area contributed by atoms with Gasteiger partial charge in [0.2, 0.25) is 0 Å². The van der Waals surface area contributed by atoms with Crippen LogP contribution in [-0.4, -0.2) is 29.1 Å². The average Bonchev–Trinajstić information content (AvgIpc) is 2.86. The molecule has 1 N–H and O–H groups in total. The molecule has 1 saturated heterocycles. The minimum absolute atomic E-state index is 0.536. The third-order valence-electron chi connectivity index (χ3n) is 4.14. The fraction of sp³-hybridized carbons (Fsp3) is 0.467. The maximum Gasteiger partial charge on any atom is 0.310 e. The number of nitrogens with zero attached hydrogens (tertiary/aromatic N) is 2. The quantitative estimate of drug-likeness (QED) is 0.927. The number of halogens is 1. The number of carboxylic acids is 1. The second kappa shape index (κ2) is 5.82. The van der Waals surface area contributed by atoms with Crippen LogP contribution in [0.25, 0.3) is 0 Å². The Labute approximate surface area is 123 Å². The van der Waals surface area contributed by atoms with E-state index in [2.05, 4.69) is 11.0 Å². The first-order valence-corrected chi connectivity index (χ1v) is 7.03. The number of hydrogen-bond acceptors (Lipinski definition) is 3. The number of benzene rings is 1. The summed E-state index contributed by atoms with van der Waals surface area (Å²) < 4.78 is 0. The third-order valence-corrected chi connectivity index (χ3v) is 4.49. The summed E-state index contributed by atoms with van der Waals surface area (Å²) in [6.45, 7) is 3.86. The van der Waals surface area contributed by atoms with E-state index >= 15 is 0 Å². The SMILES string of the molecule is CCC1(C(=O)O)CCN(Cc2ccc(C#N)cc2Cl)C1. The van der Waals surface area contributed by atoms with Gasteiger partial charge in [-0.25, -0.2) is 0 Å². The zero-order valence-electron chi connectivity index (χ0n) is 11.4. The Balaban J connectivity index is 2.09. The molecule has 0 spiro atoms. The van der Waals surface area contributed by atoms with E-state index in [9.17, 15) is 9.90 Å². The van der Waals surface area contributed by atoms with E-state index in [-0.39, 0.29) is 0 Å². The summed E-state index contributed by atoms with van der Waals surface area (Å²) in [4.78, 5) is 13.5. The van der Waals surface area contributed by atoms with Crippen molar-refractivity contribution >= 4 is 17.6 Å². The van der Waals surface area contributed by atoms with E-state index in [1.54, 1.807) is 12.1 Å². The van der Waals surface area contributed by atoms with Crippen molar-refractivity contribution in [3.63, 3.8) is 0 Å². The number of nitriles is 1. The highest BCUT2D eigenvalue weighted by atomic mass is 35.5. The molecule has 2 rings (SSSR count). The highest BCUT2D eigenvalue weighted by molar-refractivity contribution is 6.31. The van der Waals surface area contributed by atoms with Crippen molar-refractivity contribution in [3.05, 3.63) is 34.3 Å². The van der Waals surface area contributed by atoms with Crippen molar-refractivity contribution in [1.29, 1.82) is 5.26 Å². The van der Waals surface area contributed by atoms with E-state index in [4.69, 9.17) is 16.9 Å². The summed E-state index contributed by atoms with van der Waals surface area (Å²) >= 11 is 6.16. The van der Waals surface area contributed by atoms with Crippen LogP contribution in [0.5, 0.6) is 0 Å². The van der Waals surface area contributed by atoms with Gasteiger partial charge in [0.15, 0.2) is 0 Å². The van der Waals surface area contributed by atoms with Gasteiger partial charge in [-0.05, 0) is 37.1 Å². The van der Waals surface area contributed by atoms with Gasteiger partial charge in [0, 0.05) is 18.1 Å². The lowest BCUT2D eigenvalue weighted by atomic mass is 9.84.